The van der Waals surface area contributed by atoms with Crippen LogP contribution < -0.4 is 5.32 Å². The molecule has 23 heavy (non-hydrogen) atoms. The maximum Gasteiger partial charge on any atom is 0.217 e. The van der Waals surface area contributed by atoms with Gasteiger partial charge in [0.25, 0.3) is 0 Å². The molecule has 2 aromatic rings. The molecule has 120 valence electrons. The molecule has 0 bridgehead atoms. The van der Waals surface area contributed by atoms with Crippen LogP contribution in [0.2, 0.25) is 0 Å². The standard InChI is InChI=1S/C19H21NO2S/c1-13-4-10-18(11-5-13)23-12-19(22)17-8-6-16(7-9-17)14(2)20-15(3)21/h4-11,14H,12H2,1-3H3,(H,20,21)/t14-/m0/s1. The molecule has 0 fully saturated rings. The molecule has 1 atom stereocenters. The average molecular weight is 327 g/mol. The lowest BCUT2D eigenvalue weighted by Gasteiger charge is -2.13. The van der Waals surface area contributed by atoms with Crippen LogP contribution in [0, 0.1) is 6.92 Å². The number of ketones is 1. The molecule has 0 aliphatic carbocycles. The van der Waals surface area contributed by atoms with E-state index in [4.69, 9.17) is 0 Å². The van der Waals surface area contributed by atoms with E-state index in [0.717, 1.165) is 10.5 Å². The number of carbonyl (C=O) groups excluding carboxylic acids is 2. The van der Waals surface area contributed by atoms with Crippen LogP contribution >= 0.6 is 11.8 Å². The van der Waals surface area contributed by atoms with Crippen LogP contribution in [0.25, 0.3) is 0 Å². The maximum atomic E-state index is 12.3. The quantitative estimate of drug-likeness (QED) is 0.640. The van der Waals surface area contributed by atoms with Crippen LogP contribution in [0.4, 0.5) is 0 Å². The summed E-state index contributed by atoms with van der Waals surface area (Å²) in [5.41, 5.74) is 2.90. The minimum Gasteiger partial charge on any atom is -0.350 e. The molecule has 0 aliphatic heterocycles. The fourth-order valence-corrected chi connectivity index (χ4v) is 3.01. The topological polar surface area (TPSA) is 46.2 Å². The molecule has 0 saturated heterocycles. The number of rotatable bonds is 6. The Morgan fingerprint density at radius 2 is 1.65 bits per heavy atom. The summed E-state index contributed by atoms with van der Waals surface area (Å²) in [5, 5.41) is 2.83. The minimum atomic E-state index is -0.0628. The van der Waals surface area contributed by atoms with Gasteiger partial charge >= 0.3 is 0 Å². The van der Waals surface area contributed by atoms with Crippen LogP contribution in [-0.2, 0) is 4.79 Å². The van der Waals surface area contributed by atoms with Crippen molar-refractivity contribution in [3.63, 3.8) is 0 Å². The number of nitrogens with one attached hydrogen (secondary N) is 1. The zero-order valence-corrected chi connectivity index (χ0v) is 14.4. The van der Waals surface area contributed by atoms with Crippen molar-refractivity contribution < 1.29 is 9.59 Å². The van der Waals surface area contributed by atoms with Crippen molar-refractivity contribution in [3.05, 3.63) is 65.2 Å². The van der Waals surface area contributed by atoms with E-state index in [2.05, 4.69) is 5.32 Å². The average Bonchev–Trinajstić information content (AvgIpc) is 2.53. The van der Waals surface area contributed by atoms with Gasteiger partial charge in [0, 0.05) is 17.4 Å². The summed E-state index contributed by atoms with van der Waals surface area (Å²) < 4.78 is 0. The van der Waals surface area contributed by atoms with Crippen molar-refractivity contribution in [1.29, 1.82) is 0 Å². The first-order valence-electron chi connectivity index (χ1n) is 7.55. The molecule has 4 heteroatoms. The summed E-state index contributed by atoms with van der Waals surface area (Å²) in [6.45, 7) is 5.46. The van der Waals surface area contributed by atoms with Gasteiger partial charge in [0.05, 0.1) is 11.8 Å². The van der Waals surface area contributed by atoms with Crippen molar-refractivity contribution in [2.45, 2.75) is 31.7 Å². The van der Waals surface area contributed by atoms with Crippen LogP contribution in [-0.4, -0.2) is 17.4 Å². The molecule has 1 amide bonds. The molecule has 1 N–H and O–H groups in total. The number of benzene rings is 2. The Hall–Kier alpha value is -2.07. The first-order chi connectivity index (χ1) is 11.0. The van der Waals surface area contributed by atoms with E-state index >= 15 is 0 Å². The van der Waals surface area contributed by atoms with E-state index in [-0.39, 0.29) is 17.7 Å². The summed E-state index contributed by atoms with van der Waals surface area (Å²) in [5.74, 6) is 0.463. The van der Waals surface area contributed by atoms with Gasteiger partial charge in [-0.05, 0) is 31.5 Å². The SMILES string of the molecule is CC(=O)N[C@@H](C)c1ccc(C(=O)CSc2ccc(C)cc2)cc1. The van der Waals surface area contributed by atoms with Crippen molar-refractivity contribution in [2.24, 2.45) is 0 Å². The van der Waals surface area contributed by atoms with Crippen LogP contribution in [0.5, 0.6) is 0 Å². The third-order valence-electron chi connectivity index (χ3n) is 3.54. The predicted octanol–water partition coefficient (Wildman–Crippen LogP) is 4.17. The second-order valence-corrected chi connectivity index (χ2v) is 6.62. The minimum absolute atomic E-state index is 0.0569. The fraction of sp³-hybridized carbons (Fsp3) is 0.263. The lowest BCUT2D eigenvalue weighted by atomic mass is 10.0. The third-order valence-corrected chi connectivity index (χ3v) is 4.56. The highest BCUT2D eigenvalue weighted by Gasteiger charge is 2.10. The summed E-state index contributed by atoms with van der Waals surface area (Å²) in [6.07, 6.45) is 0. The molecular formula is C19H21NO2S. The van der Waals surface area contributed by atoms with Crippen molar-refractivity contribution in [3.8, 4) is 0 Å². The molecule has 0 aromatic heterocycles. The van der Waals surface area contributed by atoms with E-state index < -0.39 is 0 Å². The Bertz CT molecular complexity index is 678. The molecule has 3 nitrogen and oxygen atoms in total. The Balaban J connectivity index is 1.94. The van der Waals surface area contributed by atoms with E-state index in [1.165, 1.54) is 12.5 Å². The second-order valence-electron chi connectivity index (χ2n) is 5.57. The van der Waals surface area contributed by atoms with E-state index in [9.17, 15) is 9.59 Å². The van der Waals surface area contributed by atoms with Crippen LogP contribution in [0.15, 0.2) is 53.4 Å². The monoisotopic (exact) mass is 327 g/mol. The summed E-state index contributed by atoms with van der Waals surface area (Å²) in [7, 11) is 0. The molecular weight excluding hydrogens is 306 g/mol. The predicted molar refractivity (Wildman–Crippen MR) is 94.9 cm³/mol. The van der Waals surface area contributed by atoms with Gasteiger partial charge < -0.3 is 5.32 Å². The van der Waals surface area contributed by atoms with Crippen LogP contribution in [0.1, 0.15) is 41.4 Å². The summed E-state index contributed by atoms with van der Waals surface area (Å²) >= 11 is 1.54. The Labute approximate surface area is 141 Å². The van der Waals surface area contributed by atoms with E-state index in [1.54, 1.807) is 11.8 Å². The van der Waals surface area contributed by atoms with Gasteiger partial charge in [-0.1, -0.05) is 42.0 Å². The molecule has 0 spiro atoms. The van der Waals surface area contributed by atoms with Gasteiger partial charge in [0.15, 0.2) is 5.78 Å². The number of hydrogen-bond acceptors (Lipinski definition) is 3. The van der Waals surface area contributed by atoms with E-state index in [0.29, 0.717) is 11.3 Å². The van der Waals surface area contributed by atoms with Crippen molar-refractivity contribution in [2.75, 3.05) is 5.75 Å². The van der Waals surface area contributed by atoms with E-state index in [1.807, 2.05) is 62.4 Å². The fourth-order valence-electron chi connectivity index (χ4n) is 2.21. The highest BCUT2D eigenvalue weighted by atomic mass is 32.2. The largest absolute Gasteiger partial charge is 0.350 e. The van der Waals surface area contributed by atoms with Crippen LogP contribution in [0.3, 0.4) is 0 Å². The third kappa shape index (κ3) is 5.25. The zero-order chi connectivity index (χ0) is 16.8. The van der Waals surface area contributed by atoms with Gasteiger partial charge in [-0.25, -0.2) is 0 Å². The number of hydrogen-bond donors (Lipinski definition) is 1. The van der Waals surface area contributed by atoms with Crippen molar-refractivity contribution in [1.82, 2.24) is 5.32 Å². The normalized spacial score (nSPS) is 11.8. The summed E-state index contributed by atoms with van der Waals surface area (Å²) in [4.78, 5) is 24.4. The number of Topliss-reactive ketones (excluding diaryl/α,β-unsaturated/α-hetero) is 1. The van der Waals surface area contributed by atoms with Gasteiger partial charge in [-0.15, -0.1) is 11.8 Å². The smallest absolute Gasteiger partial charge is 0.217 e. The summed E-state index contributed by atoms with van der Waals surface area (Å²) in [6, 6.07) is 15.5. The lowest BCUT2D eigenvalue weighted by Crippen LogP contribution is -2.23. The van der Waals surface area contributed by atoms with Gasteiger partial charge in [0.1, 0.15) is 0 Å². The molecule has 0 saturated carbocycles. The first kappa shape index (κ1) is 17.3. The molecule has 0 radical (unpaired) electrons. The number of thioether (sulfide) groups is 1. The molecule has 2 rings (SSSR count). The lowest BCUT2D eigenvalue weighted by molar-refractivity contribution is -0.119. The molecule has 0 aliphatic rings. The van der Waals surface area contributed by atoms with Crippen molar-refractivity contribution >= 4 is 23.5 Å². The number of carbonyl (C=O) groups is 2. The number of aryl methyl sites for hydroxylation is 1. The highest BCUT2D eigenvalue weighted by molar-refractivity contribution is 8.00. The van der Waals surface area contributed by atoms with Gasteiger partial charge in [0.2, 0.25) is 5.91 Å². The first-order valence-corrected chi connectivity index (χ1v) is 8.54. The molecule has 2 aromatic carbocycles. The molecule has 0 heterocycles. The molecule has 0 unspecified atom stereocenters. The van der Waals surface area contributed by atoms with Gasteiger partial charge in [-0.3, -0.25) is 9.59 Å². The highest BCUT2D eigenvalue weighted by Crippen LogP contribution is 2.20. The van der Waals surface area contributed by atoms with Gasteiger partial charge in [-0.2, -0.15) is 0 Å². The maximum absolute atomic E-state index is 12.3. The zero-order valence-electron chi connectivity index (χ0n) is 13.6. The Morgan fingerprint density at radius 3 is 2.22 bits per heavy atom. The Kier molecular flexibility index (Phi) is 5.99. The number of amides is 1. The Morgan fingerprint density at radius 1 is 1.04 bits per heavy atom. The second kappa shape index (κ2) is 7.97.